The molecule has 3 aromatic rings. The monoisotopic (exact) mass is 378 g/mol. The van der Waals surface area contributed by atoms with Crippen LogP contribution in [0.2, 0.25) is 5.02 Å². The molecule has 130 valence electrons. The first-order chi connectivity index (χ1) is 11.8. The molecule has 2 heterocycles. The fourth-order valence-corrected chi connectivity index (χ4v) is 3.01. The molecule has 2 N–H and O–H groups in total. The number of nitrogens with one attached hydrogen (secondary N) is 2. The van der Waals surface area contributed by atoms with Crippen LogP contribution in [0.4, 0.5) is 0 Å². The molecule has 0 unspecified atom stereocenters. The first kappa shape index (κ1) is 17.4. The van der Waals surface area contributed by atoms with Crippen molar-refractivity contribution in [3.05, 3.63) is 47.2 Å². The Balaban J connectivity index is 1.91. The summed E-state index contributed by atoms with van der Waals surface area (Å²) >= 11 is 6.19. The van der Waals surface area contributed by atoms with Gasteiger partial charge in [0.05, 0.1) is 28.2 Å². The van der Waals surface area contributed by atoms with E-state index >= 15 is 0 Å². The number of carbonyl (C=O) groups is 1. The van der Waals surface area contributed by atoms with E-state index in [1.165, 1.54) is 6.20 Å². The van der Waals surface area contributed by atoms with Crippen LogP contribution < -0.4 is 5.32 Å². The molecular weight excluding hydrogens is 364 g/mol. The number of benzene rings is 1. The van der Waals surface area contributed by atoms with Crippen molar-refractivity contribution < 1.29 is 13.2 Å². The SMILES string of the molecule is CS(=O)(=O)CCNC(=O)c1c[nH]c2ncc(-c3ccccc3Cl)nc12. The summed E-state index contributed by atoms with van der Waals surface area (Å²) in [5, 5.41) is 3.11. The molecule has 0 atom stereocenters. The summed E-state index contributed by atoms with van der Waals surface area (Å²) in [6.45, 7) is 0.0297. The molecule has 25 heavy (non-hydrogen) atoms. The van der Waals surface area contributed by atoms with Crippen LogP contribution in [0.15, 0.2) is 36.7 Å². The zero-order valence-electron chi connectivity index (χ0n) is 13.3. The van der Waals surface area contributed by atoms with E-state index in [1.54, 1.807) is 12.3 Å². The zero-order valence-corrected chi connectivity index (χ0v) is 14.9. The molecule has 7 nitrogen and oxygen atoms in total. The van der Waals surface area contributed by atoms with Gasteiger partial charge in [-0.15, -0.1) is 0 Å². The van der Waals surface area contributed by atoms with Gasteiger partial charge in [-0.1, -0.05) is 29.8 Å². The number of halogens is 1. The van der Waals surface area contributed by atoms with E-state index in [0.717, 1.165) is 6.26 Å². The molecule has 9 heteroatoms. The lowest BCUT2D eigenvalue weighted by molar-refractivity contribution is 0.0957. The largest absolute Gasteiger partial charge is 0.351 e. The Labute approximate surface area is 149 Å². The van der Waals surface area contributed by atoms with Crippen molar-refractivity contribution >= 4 is 38.5 Å². The molecule has 0 saturated carbocycles. The molecule has 0 bridgehead atoms. The van der Waals surface area contributed by atoms with Crippen LogP contribution in [0.1, 0.15) is 10.4 Å². The molecular formula is C16H15ClN4O3S. The number of aromatic amines is 1. The van der Waals surface area contributed by atoms with E-state index in [2.05, 4.69) is 20.3 Å². The second-order valence-electron chi connectivity index (χ2n) is 5.52. The summed E-state index contributed by atoms with van der Waals surface area (Å²) < 4.78 is 22.3. The Morgan fingerprint density at radius 3 is 2.80 bits per heavy atom. The van der Waals surface area contributed by atoms with E-state index in [-0.39, 0.29) is 12.3 Å². The summed E-state index contributed by atoms with van der Waals surface area (Å²) in [7, 11) is -3.14. The van der Waals surface area contributed by atoms with Crippen LogP contribution in [0, 0.1) is 0 Å². The lowest BCUT2D eigenvalue weighted by atomic mass is 10.1. The molecule has 1 amide bonds. The van der Waals surface area contributed by atoms with Gasteiger partial charge >= 0.3 is 0 Å². The molecule has 0 aliphatic rings. The maximum Gasteiger partial charge on any atom is 0.255 e. The van der Waals surface area contributed by atoms with Crippen molar-refractivity contribution in [2.45, 2.75) is 0 Å². The third-order valence-corrected chi connectivity index (χ3v) is 4.81. The van der Waals surface area contributed by atoms with Gasteiger partial charge in [-0.05, 0) is 6.07 Å². The van der Waals surface area contributed by atoms with Crippen LogP contribution in [0.3, 0.4) is 0 Å². The van der Waals surface area contributed by atoms with Crippen LogP contribution in [0.25, 0.3) is 22.4 Å². The van der Waals surface area contributed by atoms with Crippen LogP contribution in [-0.4, -0.2) is 47.8 Å². The lowest BCUT2D eigenvalue weighted by Crippen LogP contribution is -2.28. The molecule has 0 radical (unpaired) electrons. The van der Waals surface area contributed by atoms with E-state index in [1.807, 2.05) is 18.2 Å². The van der Waals surface area contributed by atoms with Crippen molar-refractivity contribution in [3.63, 3.8) is 0 Å². The maximum absolute atomic E-state index is 12.3. The number of aromatic nitrogens is 3. The summed E-state index contributed by atoms with van der Waals surface area (Å²) in [6, 6.07) is 7.22. The maximum atomic E-state index is 12.3. The summed E-state index contributed by atoms with van der Waals surface area (Å²) in [4.78, 5) is 23.9. The third kappa shape index (κ3) is 3.97. The molecule has 0 aliphatic heterocycles. The minimum atomic E-state index is -3.14. The van der Waals surface area contributed by atoms with Crippen LogP contribution in [-0.2, 0) is 9.84 Å². The molecule has 1 aromatic carbocycles. The number of amides is 1. The number of hydrogen-bond acceptors (Lipinski definition) is 5. The zero-order chi connectivity index (χ0) is 18.0. The van der Waals surface area contributed by atoms with Crippen molar-refractivity contribution in [2.24, 2.45) is 0 Å². The number of carbonyl (C=O) groups excluding carboxylic acids is 1. The Bertz CT molecular complexity index is 1050. The summed E-state index contributed by atoms with van der Waals surface area (Å²) in [6.07, 6.45) is 4.19. The second-order valence-corrected chi connectivity index (χ2v) is 8.19. The van der Waals surface area contributed by atoms with E-state index in [9.17, 15) is 13.2 Å². The number of fused-ring (bicyclic) bond motifs is 1. The first-order valence-electron chi connectivity index (χ1n) is 7.40. The number of hydrogen-bond donors (Lipinski definition) is 2. The Hall–Kier alpha value is -2.45. The minimum Gasteiger partial charge on any atom is -0.351 e. The van der Waals surface area contributed by atoms with E-state index in [0.29, 0.717) is 33.0 Å². The quantitative estimate of drug-likeness (QED) is 0.707. The Morgan fingerprint density at radius 1 is 1.32 bits per heavy atom. The number of rotatable bonds is 5. The fourth-order valence-electron chi connectivity index (χ4n) is 2.31. The predicted octanol–water partition coefficient (Wildman–Crippen LogP) is 2.05. The first-order valence-corrected chi connectivity index (χ1v) is 9.84. The highest BCUT2D eigenvalue weighted by molar-refractivity contribution is 7.90. The smallest absolute Gasteiger partial charge is 0.255 e. The number of sulfone groups is 1. The Kier molecular flexibility index (Phi) is 4.73. The molecule has 3 rings (SSSR count). The molecule has 2 aromatic heterocycles. The molecule has 0 aliphatic carbocycles. The van der Waals surface area contributed by atoms with Gasteiger partial charge in [0.15, 0.2) is 5.65 Å². The number of H-pyrrole nitrogens is 1. The Morgan fingerprint density at radius 2 is 2.08 bits per heavy atom. The summed E-state index contributed by atoms with van der Waals surface area (Å²) in [5.41, 5.74) is 2.41. The van der Waals surface area contributed by atoms with Gasteiger partial charge in [0, 0.05) is 24.6 Å². The van der Waals surface area contributed by atoms with Crippen molar-refractivity contribution in [2.75, 3.05) is 18.6 Å². The van der Waals surface area contributed by atoms with Gasteiger partial charge < -0.3 is 10.3 Å². The number of nitrogens with zero attached hydrogens (tertiary/aromatic N) is 2. The van der Waals surface area contributed by atoms with E-state index in [4.69, 9.17) is 11.6 Å². The van der Waals surface area contributed by atoms with Crippen LogP contribution in [0.5, 0.6) is 0 Å². The van der Waals surface area contributed by atoms with Gasteiger partial charge in [-0.2, -0.15) is 0 Å². The van der Waals surface area contributed by atoms with Gasteiger partial charge in [0.25, 0.3) is 5.91 Å². The van der Waals surface area contributed by atoms with Crippen LogP contribution >= 0.6 is 11.6 Å². The van der Waals surface area contributed by atoms with Gasteiger partial charge in [0.2, 0.25) is 0 Å². The average Bonchev–Trinajstić information content (AvgIpc) is 2.97. The minimum absolute atomic E-state index is 0.0297. The molecule has 0 fully saturated rings. The fraction of sp³-hybridized carbons (Fsp3) is 0.188. The van der Waals surface area contributed by atoms with Crippen molar-refractivity contribution in [3.8, 4) is 11.3 Å². The highest BCUT2D eigenvalue weighted by atomic mass is 35.5. The highest BCUT2D eigenvalue weighted by Gasteiger charge is 2.16. The lowest BCUT2D eigenvalue weighted by Gasteiger charge is -2.05. The second kappa shape index (κ2) is 6.81. The van der Waals surface area contributed by atoms with Crippen molar-refractivity contribution in [1.29, 1.82) is 0 Å². The topological polar surface area (TPSA) is 105 Å². The molecule has 0 saturated heterocycles. The van der Waals surface area contributed by atoms with Gasteiger partial charge in [0.1, 0.15) is 15.4 Å². The van der Waals surface area contributed by atoms with E-state index < -0.39 is 15.7 Å². The average molecular weight is 379 g/mol. The summed E-state index contributed by atoms with van der Waals surface area (Å²) in [5.74, 6) is -0.544. The molecule has 0 spiro atoms. The van der Waals surface area contributed by atoms with Gasteiger partial charge in [-0.25, -0.2) is 18.4 Å². The predicted molar refractivity (Wildman–Crippen MR) is 96.4 cm³/mol. The highest BCUT2D eigenvalue weighted by Crippen LogP contribution is 2.27. The third-order valence-electron chi connectivity index (χ3n) is 3.53. The standard InChI is InChI=1S/C16H15ClN4O3S/c1-25(23,24)7-6-18-16(22)11-8-19-15-14(11)21-13(9-20-15)10-4-2-3-5-12(10)17/h2-5,8-9H,6-7H2,1H3,(H,18,22)(H,19,20). The van der Waals surface area contributed by atoms with Crippen molar-refractivity contribution in [1.82, 2.24) is 20.3 Å². The van der Waals surface area contributed by atoms with Gasteiger partial charge in [-0.3, -0.25) is 4.79 Å². The normalized spacial score (nSPS) is 11.6.